The minimum atomic E-state index is 0.519. The van der Waals surface area contributed by atoms with Gasteiger partial charge in [0.2, 0.25) is 17.8 Å². The van der Waals surface area contributed by atoms with Crippen LogP contribution in [0.15, 0.2) is 35.4 Å². The summed E-state index contributed by atoms with van der Waals surface area (Å²) in [7, 11) is 0. The van der Waals surface area contributed by atoms with Crippen molar-refractivity contribution in [1.82, 2.24) is 15.0 Å². The third-order valence-electron chi connectivity index (χ3n) is 5.57. The highest BCUT2D eigenvalue weighted by Gasteiger charge is 2.19. The van der Waals surface area contributed by atoms with Gasteiger partial charge in [-0.25, -0.2) is 5.43 Å². The quantitative estimate of drug-likeness (QED) is 0.610. The third-order valence-corrected chi connectivity index (χ3v) is 5.57. The topological polar surface area (TPSA) is 69.5 Å². The average Bonchev–Trinajstić information content (AvgIpc) is 3.20. The largest absolute Gasteiger partial charge is 0.341 e. The molecule has 2 fully saturated rings. The molecular weight excluding hydrogens is 362 g/mol. The number of nitrogens with zero attached hydrogens (tertiary/aromatic N) is 6. The first kappa shape index (κ1) is 19.6. The Hall–Kier alpha value is -2.70. The Kier molecular flexibility index (Phi) is 6.89. The van der Waals surface area contributed by atoms with Crippen LogP contribution in [0.3, 0.4) is 0 Å². The zero-order chi connectivity index (χ0) is 19.7. The van der Waals surface area contributed by atoms with Gasteiger partial charge in [-0.2, -0.15) is 20.1 Å². The number of aromatic nitrogens is 3. The maximum atomic E-state index is 4.87. The van der Waals surface area contributed by atoms with E-state index in [0.717, 1.165) is 43.6 Å². The van der Waals surface area contributed by atoms with Crippen LogP contribution in [0, 0.1) is 0 Å². The fourth-order valence-electron chi connectivity index (χ4n) is 3.93. The van der Waals surface area contributed by atoms with E-state index in [1.54, 1.807) is 6.21 Å². The van der Waals surface area contributed by atoms with Crippen molar-refractivity contribution in [3.63, 3.8) is 0 Å². The molecule has 2 saturated heterocycles. The molecule has 2 aliphatic rings. The van der Waals surface area contributed by atoms with E-state index in [-0.39, 0.29) is 0 Å². The van der Waals surface area contributed by atoms with Gasteiger partial charge in [0.05, 0.1) is 6.21 Å². The van der Waals surface area contributed by atoms with Crippen molar-refractivity contribution in [2.24, 2.45) is 5.10 Å². The molecule has 0 radical (unpaired) electrons. The Morgan fingerprint density at radius 3 is 1.72 bits per heavy atom. The molecule has 1 N–H and O–H groups in total. The Labute approximate surface area is 173 Å². The maximum Gasteiger partial charge on any atom is 0.250 e. The average molecular weight is 394 g/mol. The van der Waals surface area contributed by atoms with Gasteiger partial charge in [-0.1, -0.05) is 56.0 Å². The van der Waals surface area contributed by atoms with Crippen LogP contribution in [0.2, 0.25) is 0 Å². The second-order valence-electron chi connectivity index (χ2n) is 7.84. The number of hydrogen-bond donors (Lipinski definition) is 1. The van der Waals surface area contributed by atoms with Gasteiger partial charge in [-0.3, -0.25) is 0 Å². The summed E-state index contributed by atoms with van der Waals surface area (Å²) in [6.45, 7) is 4.04. The molecule has 7 heteroatoms. The highest BCUT2D eigenvalue weighted by Crippen LogP contribution is 2.22. The zero-order valence-electron chi connectivity index (χ0n) is 17.1. The number of benzene rings is 1. The standard InChI is InChI=1S/C22H31N7/c1-2-9-15-28(14-8-1)21-24-20(27-23-18-19-12-6-5-7-13-19)25-22(26-21)29-16-10-3-4-11-17-29/h5-7,12-13,18H,1-4,8-11,14-17H2,(H,24,25,26,27)/b23-18-. The first-order chi connectivity index (χ1) is 14.4. The fourth-order valence-corrected chi connectivity index (χ4v) is 3.93. The molecule has 0 unspecified atom stereocenters. The van der Waals surface area contributed by atoms with E-state index in [1.807, 2.05) is 30.3 Å². The molecule has 1 aromatic carbocycles. The van der Waals surface area contributed by atoms with Crippen LogP contribution >= 0.6 is 0 Å². The Morgan fingerprint density at radius 2 is 1.21 bits per heavy atom. The van der Waals surface area contributed by atoms with E-state index in [0.29, 0.717) is 5.95 Å². The minimum Gasteiger partial charge on any atom is -0.341 e. The fraction of sp³-hybridized carbons (Fsp3) is 0.545. The molecule has 1 aromatic heterocycles. The number of hydrazone groups is 1. The van der Waals surface area contributed by atoms with Crippen LogP contribution in [-0.2, 0) is 0 Å². The van der Waals surface area contributed by atoms with E-state index in [2.05, 4.69) is 20.3 Å². The number of anilines is 3. The van der Waals surface area contributed by atoms with Crippen LogP contribution in [0.1, 0.15) is 56.9 Å². The van der Waals surface area contributed by atoms with Crippen LogP contribution in [0.4, 0.5) is 17.8 Å². The Morgan fingerprint density at radius 1 is 0.690 bits per heavy atom. The lowest BCUT2D eigenvalue weighted by molar-refractivity contribution is 0.726. The van der Waals surface area contributed by atoms with Gasteiger partial charge < -0.3 is 9.80 Å². The smallest absolute Gasteiger partial charge is 0.250 e. The van der Waals surface area contributed by atoms with Crippen molar-refractivity contribution in [1.29, 1.82) is 0 Å². The number of nitrogens with one attached hydrogen (secondary N) is 1. The SMILES string of the molecule is C(=N/Nc1nc(N2CCCCCC2)nc(N2CCCCCC2)n1)/c1ccccc1. The summed E-state index contributed by atoms with van der Waals surface area (Å²) in [4.78, 5) is 18.9. The van der Waals surface area contributed by atoms with Crippen LogP contribution < -0.4 is 15.2 Å². The van der Waals surface area contributed by atoms with Gasteiger partial charge in [0, 0.05) is 26.2 Å². The first-order valence-corrected chi connectivity index (χ1v) is 11.0. The van der Waals surface area contributed by atoms with Crippen molar-refractivity contribution < 1.29 is 0 Å². The molecule has 4 rings (SSSR count). The summed E-state index contributed by atoms with van der Waals surface area (Å²) in [6.07, 6.45) is 11.7. The van der Waals surface area contributed by atoms with Crippen molar-refractivity contribution in [2.75, 3.05) is 41.4 Å². The molecule has 0 amide bonds. The van der Waals surface area contributed by atoms with Crippen molar-refractivity contribution in [2.45, 2.75) is 51.4 Å². The lowest BCUT2D eigenvalue weighted by Crippen LogP contribution is -2.30. The van der Waals surface area contributed by atoms with Gasteiger partial charge in [0.15, 0.2) is 0 Å². The monoisotopic (exact) mass is 393 g/mol. The molecule has 0 spiro atoms. The van der Waals surface area contributed by atoms with E-state index >= 15 is 0 Å². The predicted octanol–water partition coefficient (Wildman–Crippen LogP) is 4.08. The molecule has 3 heterocycles. The molecular formula is C22H31N7. The predicted molar refractivity (Wildman–Crippen MR) is 119 cm³/mol. The van der Waals surface area contributed by atoms with Gasteiger partial charge in [0.1, 0.15) is 0 Å². The molecule has 2 aliphatic heterocycles. The Bertz CT molecular complexity index is 739. The molecule has 0 saturated carbocycles. The molecule has 154 valence electrons. The lowest BCUT2D eigenvalue weighted by atomic mass is 10.2. The van der Waals surface area contributed by atoms with E-state index < -0.39 is 0 Å². The second kappa shape index (κ2) is 10.2. The van der Waals surface area contributed by atoms with Crippen molar-refractivity contribution >= 4 is 24.1 Å². The third kappa shape index (κ3) is 5.65. The number of hydrogen-bond acceptors (Lipinski definition) is 7. The van der Waals surface area contributed by atoms with Gasteiger partial charge in [0.25, 0.3) is 0 Å². The molecule has 0 atom stereocenters. The summed E-state index contributed by atoms with van der Waals surface area (Å²) < 4.78 is 0. The minimum absolute atomic E-state index is 0.519. The Balaban J connectivity index is 1.57. The summed E-state index contributed by atoms with van der Waals surface area (Å²) in [5, 5.41) is 4.36. The normalized spacial score (nSPS) is 18.5. The van der Waals surface area contributed by atoms with E-state index in [4.69, 9.17) is 15.0 Å². The molecule has 7 nitrogen and oxygen atoms in total. The summed E-state index contributed by atoms with van der Waals surface area (Å²) in [6, 6.07) is 10.0. The summed E-state index contributed by atoms with van der Waals surface area (Å²) in [5.41, 5.74) is 4.07. The van der Waals surface area contributed by atoms with Crippen molar-refractivity contribution in [3.05, 3.63) is 35.9 Å². The highest BCUT2D eigenvalue weighted by molar-refractivity contribution is 5.79. The van der Waals surface area contributed by atoms with E-state index in [1.165, 1.54) is 51.4 Å². The maximum absolute atomic E-state index is 4.87. The van der Waals surface area contributed by atoms with Gasteiger partial charge in [-0.05, 0) is 31.2 Å². The first-order valence-electron chi connectivity index (χ1n) is 11.0. The summed E-state index contributed by atoms with van der Waals surface area (Å²) in [5.74, 6) is 2.07. The lowest BCUT2D eigenvalue weighted by Gasteiger charge is -2.24. The van der Waals surface area contributed by atoms with E-state index in [9.17, 15) is 0 Å². The van der Waals surface area contributed by atoms with Crippen LogP contribution in [0.25, 0.3) is 0 Å². The van der Waals surface area contributed by atoms with Crippen LogP contribution in [0.5, 0.6) is 0 Å². The van der Waals surface area contributed by atoms with Crippen molar-refractivity contribution in [3.8, 4) is 0 Å². The number of rotatable bonds is 5. The molecule has 0 aliphatic carbocycles. The molecule has 2 aromatic rings. The molecule has 29 heavy (non-hydrogen) atoms. The van der Waals surface area contributed by atoms with Gasteiger partial charge >= 0.3 is 0 Å². The van der Waals surface area contributed by atoms with Crippen LogP contribution in [-0.4, -0.2) is 47.3 Å². The molecule has 0 bridgehead atoms. The van der Waals surface area contributed by atoms with Gasteiger partial charge in [-0.15, -0.1) is 0 Å². The second-order valence-corrected chi connectivity index (χ2v) is 7.84. The summed E-state index contributed by atoms with van der Waals surface area (Å²) >= 11 is 0. The highest BCUT2D eigenvalue weighted by atomic mass is 15.4. The zero-order valence-corrected chi connectivity index (χ0v) is 17.1.